The van der Waals surface area contributed by atoms with Crippen molar-refractivity contribution >= 4 is 22.5 Å². The third-order valence-corrected chi connectivity index (χ3v) is 2.78. The fourth-order valence-electron chi connectivity index (χ4n) is 1.69. The van der Waals surface area contributed by atoms with Crippen LogP contribution in [-0.2, 0) is 6.42 Å². The summed E-state index contributed by atoms with van der Waals surface area (Å²) in [6, 6.07) is 5.53. The fraction of sp³-hybridized carbons (Fsp3) is 0.273. The molecule has 0 saturated carbocycles. The second kappa shape index (κ2) is 4.23. The molecular formula is C11H13ClN2O. The monoisotopic (exact) mass is 224 g/mol. The summed E-state index contributed by atoms with van der Waals surface area (Å²) < 4.78 is 0. The van der Waals surface area contributed by atoms with E-state index in [2.05, 4.69) is 4.98 Å². The lowest BCUT2D eigenvalue weighted by Gasteiger charge is -2.06. The molecule has 0 aliphatic carbocycles. The Hall–Kier alpha value is -1.03. The Bertz CT molecular complexity index is 467. The van der Waals surface area contributed by atoms with Crippen LogP contribution in [0.1, 0.15) is 5.56 Å². The molecule has 0 saturated heterocycles. The van der Waals surface area contributed by atoms with Crippen LogP contribution in [0.5, 0.6) is 0 Å². The lowest BCUT2D eigenvalue weighted by molar-refractivity contribution is 0.265. The number of hydrogen-bond donors (Lipinski definition) is 3. The Morgan fingerprint density at radius 3 is 3.00 bits per heavy atom. The van der Waals surface area contributed by atoms with E-state index in [1.54, 1.807) is 0 Å². The van der Waals surface area contributed by atoms with Gasteiger partial charge in [0.25, 0.3) is 0 Å². The molecule has 15 heavy (non-hydrogen) atoms. The Morgan fingerprint density at radius 1 is 1.47 bits per heavy atom. The number of aromatic nitrogens is 1. The van der Waals surface area contributed by atoms with Gasteiger partial charge in [-0.15, -0.1) is 0 Å². The smallest absolute Gasteiger partial charge is 0.0647 e. The summed E-state index contributed by atoms with van der Waals surface area (Å²) in [5.74, 6) is 0. The number of hydrogen-bond acceptors (Lipinski definition) is 2. The predicted octanol–water partition coefficient (Wildman–Crippen LogP) is 1.68. The maximum atomic E-state index is 8.90. The number of para-hydroxylation sites is 1. The van der Waals surface area contributed by atoms with E-state index in [9.17, 15) is 0 Å². The van der Waals surface area contributed by atoms with Gasteiger partial charge in [0.15, 0.2) is 0 Å². The van der Waals surface area contributed by atoms with Crippen molar-refractivity contribution in [2.45, 2.75) is 12.5 Å². The van der Waals surface area contributed by atoms with Crippen LogP contribution in [0.25, 0.3) is 10.9 Å². The van der Waals surface area contributed by atoms with E-state index in [0.29, 0.717) is 11.4 Å². The maximum absolute atomic E-state index is 8.90. The van der Waals surface area contributed by atoms with Gasteiger partial charge in [0.05, 0.1) is 17.1 Å². The highest BCUT2D eigenvalue weighted by Gasteiger charge is 2.09. The van der Waals surface area contributed by atoms with Gasteiger partial charge in [-0.05, 0) is 18.1 Å². The molecule has 0 fully saturated rings. The fourth-order valence-corrected chi connectivity index (χ4v) is 1.92. The van der Waals surface area contributed by atoms with Gasteiger partial charge in [-0.1, -0.05) is 23.7 Å². The van der Waals surface area contributed by atoms with Gasteiger partial charge in [-0.3, -0.25) is 0 Å². The topological polar surface area (TPSA) is 62.0 Å². The standard InChI is InChI=1S/C11H13ClN2O/c12-10-3-1-2-9-7(4-8(13)6-15)5-14-11(9)10/h1-3,5,8,14-15H,4,6,13H2. The molecule has 1 unspecified atom stereocenters. The lowest BCUT2D eigenvalue weighted by atomic mass is 10.1. The molecular weight excluding hydrogens is 212 g/mol. The predicted molar refractivity (Wildman–Crippen MR) is 62.1 cm³/mol. The van der Waals surface area contributed by atoms with Crippen LogP contribution in [-0.4, -0.2) is 22.7 Å². The average Bonchev–Trinajstić information content (AvgIpc) is 2.63. The molecule has 0 amide bonds. The zero-order valence-electron chi connectivity index (χ0n) is 8.20. The summed E-state index contributed by atoms with van der Waals surface area (Å²) in [5, 5.41) is 10.7. The number of aliphatic hydroxyl groups is 1. The van der Waals surface area contributed by atoms with Crippen LogP contribution in [0.4, 0.5) is 0 Å². The quantitative estimate of drug-likeness (QED) is 0.743. The van der Waals surface area contributed by atoms with E-state index in [1.807, 2.05) is 24.4 Å². The number of halogens is 1. The minimum atomic E-state index is -0.219. The summed E-state index contributed by atoms with van der Waals surface area (Å²) >= 11 is 6.03. The molecule has 0 spiro atoms. The van der Waals surface area contributed by atoms with Crippen LogP contribution in [0.2, 0.25) is 5.02 Å². The largest absolute Gasteiger partial charge is 0.395 e. The Morgan fingerprint density at radius 2 is 2.27 bits per heavy atom. The van der Waals surface area contributed by atoms with Crippen molar-refractivity contribution in [2.75, 3.05) is 6.61 Å². The van der Waals surface area contributed by atoms with E-state index < -0.39 is 0 Å². The number of aliphatic hydroxyl groups excluding tert-OH is 1. The van der Waals surface area contributed by atoms with Crippen molar-refractivity contribution in [1.29, 1.82) is 0 Å². The number of benzene rings is 1. The number of nitrogens with two attached hydrogens (primary N) is 1. The van der Waals surface area contributed by atoms with E-state index in [4.69, 9.17) is 22.4 Å². The van der Waals surface area contributed by atoms with E-state index in [0.717, 1.165) is 16.5 Å². The third-order valence-electron chi connectivity index (χ3n) is 2.47. The molecule has 0 aliphatic rings. The van der Waals surface area contributed by atoms with Crippen molar-refractivity contribution in [1.82, 2.24) is 4.98 Å². The maximum Gasteiger partial charge on any atom is 0.0647 e. The number of fused-ring (bicyclic) bond motifs is 1. The van der Waals surface area contributed by atoms with Crippen LogP contribution >= 0.6 is 11.6 Å². The van der Waals surface area contributed by atoms with Gasteiger partial charge in [0.1, 0.15) is 0 Å². The normalized spacial score (nSPS) is 13.3. The lowest BCUT2D eigenvalue weighted by Crippen LogP contribution is -2.26. The number of nitrogens with one attached hydrogen (secondary N) is 1. The van der Waals surface area contributed by atoms with Gasteiger partial charge in [-0.2, -0.15) is 0 Å². The third kappa shape index (κ3) is 2.00. The highest BCUT2D eigenvalue weighted by atomic mass is 35.5. The van der Waals surface area contributed by atoms with Crippen LogP contribution in [0, 0.1) is 0 Å². The summed E-state index contributed by atoms with van der Waals surface area (Å²) in [6.45, 7) is -0.00671. The van der Waals surface area contributed by atoms with Crippen LogP contribution < -0.4 is 5.73 Å². The Kier molecular flexibility index (Phi) is 2.95. The van der Waals surface area contributed by atoms with Crippen molar-refractivity contribution in [3.05, 3.63) is 35.0 Å². The van der Waals surface area contributed by atoms with Crippen molar-refractivity contribution in [3.63, 3.8) is 0 Å². The van der Waals surface area contributed by atoms with Gasteiger partial charge in [-0.25, -0.2) is 0 Å². The van der Waals surface area contributed by atoms with Gasteiger partial charge in [0, 0.05) is 17.6 Å². The van der Waals surface area contributed by atoms with Gasteiger partial charge < -0.3 is 15.8 Å². The highest BCUT2D eigenvalue weighted by molar-refractivity contribution is 6.35. The molecule has 1 heterocycles. The minimum Gasteiger partial charge on any atom is -0.395 e. The molecule has 2 aromatic rings. The summed E-state index contributed by atoms with van der Waals surface area (Å²) in [5.41, 5.74) is 7.72. The first-order valence-electron chi connectivity index (χ1n) is 4.83. The first-order chi connectivity index (χ1) is 7.22. The molecule has 1 aromatic carbocycles. The molecule has 1 atom stereocenters. The number of H-pyrrole nitrogens is 1. The molecule has 0 bridgehead atoms. The summed E-state index contributed by atoms with van der Waals surface area (Å²) in [6.07, 6.45) is 2.54. The molecule has 4 N–H and O–H groups in total. The Labute approximate surface area is 92.9 Å². The SMILES string of the molecule is NC(CO)Cc1c[nH]c2c(Cl)cccc12. The molecule has 3 nitrogen and oxygen atoms in total. The molecule has 0 radical (unpaired) electrons. The Balaban J connectivity index is 2.41. The molecule has 80 valence electrons. The van der Waals surface area contributed by atoms with Crippen LogP contribution in [0.15, 0.2) is 24.4 Å². The zero-order valence-corrected chi connectivity index (χ0v) is 8.96. The van der Waals surface area contributed by atoms with E-state index in [1.165, 1.54) is 0 Å². The van der Waals surface area contributed by atoms with Gasteiger partial charge >= 0.3 is 0 Å². The highest BCUT2D eigenvalue weighted by Crippen LogP contribution is 2.25. The van der Waals surface area contributed by atoms with Crippen molar-refractivity contribution in [3.8, 4) is 0 Å². The second-order valence-electron chi connectivity index (χ2n) is 3.62. The minimum absolute atomic E-state index is 0.00671. The average molecular weight is 225 g/mol. The number of rotatable bonds is 3. The van der Waals surface area contributed by atoms with Gasteiger partial charge in [0.2, 0.25) is 0 Å². The van der Waals surface area contributed by atoms with Crippen molar-refractivity contribution < 1.29 is 5.11 Å². The van der Waals surface area contributed by atoms with E-state index in [-0.39, 0.29) is 12.6 Å². The number of aromatic amines is 1. The molecule has 1 aromatic heterocycles. The van der Waals surface area contributed by atoms with E-state index >= 15 is 0 Å². The summed E-state index contributed by atoms with van der Waals surface area (Å²) in [4.78, 5) is 3.12. The zero-order chi connectivity index (χ0) is 10.8. The molecule has 4 heteroatoms. The first kappa shape index (κ1) is 10.5. The van der Waals surface area contributed by atoms with Crippen molar-refractivity contribution in [2.24, 2.45) is 5.73 Å². The molecule has 2 rings (SSSR count). The van der Waals surface area contributed by atoms with Crippen LogP contribution in [0.3, 0.4) is 0 Å². The molecule has 0 aliphatic heterocycles. The first-order valence-corrected chi connectivity index (χ1v) is 5.21. The summed E-state index contributed by atoms with van der Waals surface area (Å²) in [7, 11) is 0. The second-order valence-corrected chi connectivity index (χ2v) is 4.03.